The standard InChI is InChI=1S/C25H36N2O4/c28-25(20-11-15-29-16-20)26-21-6-4-18(5-7-21)8-12-27-13-9-19(10-14-27)22-2-1-3-23-24(22)31-17-30-23/h1-3,18-21H,4-17H2,(H,26,28)/t18-,20?,21-. The van der Waals surface area contributed by atoms with Crippen molar-refractivity contribution in [2.45, 2.75) is 63.3 Å². The van der Waals surface area contributed by atoms with Crippen molar-refractivity contribution in [3.63, 3.8) is 0 Å². The number of fused-ring (bicyclic) bond motifs is 1. The number of likely N-dealkylation sites (tertiary alicyclic amines) is 1. The van der Waals surface area contributed by atoms with Crippen molar-refractivity contribution in [3.05, 3.63) is 23.8 Å². The third-order valence-corrected chi connectivity index (χ3v) is 7.80. The van der Waals surface area contributed by atoms with E-state index in [9.17, 15) is 4.79 Å². The summed E-state index contributed by atoms with van der Waals surface area (Å²) in [7, 11) is 0. The zero-order valence-corrected chi connectivity index (χ0v) is 18.5. The van der Waals surface area contributed by atoms with E-state index in [0.717, 1.165) is 43.3 Å². The number of hydrogen-bond donors (Lipinski definition) is 1. The van der Waals surface area contributed by atoms with Gasteiger partial charge in [0.1, 0.15) is 0 Å². The number of nitrogens with one attached hydrogen (secondary N) is 1. The molecule has 3 fully saturated rings. The fourth-order valence-electron chi connectivity index (χ4n) is 5.76. The molecule has 0 bridgehead atoms. The van der Waals surface area contributed by atoms with Crippen LogP contribution in [-0.2, 0) is 9.53 Å². The highest BCUT2D eigenvalue weighted by atomic mass is 16.7. The van der Waals surface area contributed by atoms with Crippen LogP contribution in [0.2, 0.25) is 0 Å². The van der Waals surface area contributed by atoms with Crippen LogP contribution in [0.5, 0.6) is 11.5 Å². The summed E-state index contributed by atoms with van der Waals surface area (Å²) in [5, 5.41) is 3.28. The highest BCUT2D eigenvalue weighted by Gasteiger charge is 2.29. The zero-order chi connectivity index (χ0) is 21.0. The van der Waals surface area contributed by atoms with Gasteiger partial charge < -0.3 is 24.4 Å². The van der Waals surface area contributed by atoms with Crippen LogP contribution in [0.3, 0.4) is 0 Å². The maximum atomic E-state index is 12.3. The van der Waals surface area contributed by atoms with E-state index in [1.807, 2.05) is 6.07 Å². The van der Waals surface area contributed by atoms with Gasteiger partial charge in [-0.2, -0.15) is 0 Å². The van der Waals surface area contributed by atoms with Gasteiger partial charge in [0, 0.05) is 18.2 Å². The van der Waals surface area contributed by atoms with E-state index in [0.29, 0.717) is 25.4 Å². The number of benzene rings is 1. The van der Waals surface area contributed by atoms with Crippen molar-refractivity contribution in [2.24, 2.45) is 11.8 Å². The summed E-state index contributed by atoms with van der Waals surface area (Å²) in [6.45, 7) is 5.24. The van der Waals surface area contributed by atoms with Crippen LogP contribution >= 0.6 is 0 Å². The lowest BCUT2D eigenvalue weighted by atomic mass is 9.83. The molecule has 1 unspecified atom stereocenters. The van der Waals surface area contributed by atoms with Crippen molar-refractivity contribution in [1.82, 2.24) is 10.2 Å². The number of carbonyl (C=O) groups is 1. The topological polar surface area (TPSA) is 60.0 Å². The first-order valence-electron chi connectivity index (χ1n) is 12.3. The summed E-state index contributed by atoms with van der Waals surface area (Å²) in [5.41, 5.74) is 1.33. The van der Waals surface area contributed by atoms with E-state index in [1.165, 1.54) is 57.3 Å². The van der Waals surface area contributed by atoms with E-state index < -0.39 is 0 Å². The number of piperidine rings is 1. The largest absolute Gasteiger partial charge is 0.454 e. The number of para-hydroxylation sites is 1. The minimum Gasteiger partial charge on any atom is -0.454 e. The number of ether oxygens (including phenoxy) is 3. The molecule has 1 saturated carbocycles. The Bertz CT molecular complexity index is 748. The molecule has 1 aromatic carbocycles. The predicted molar refractivity (Wildman–Crippen MR) is 118 cm³/mol. The Morgan fingerprint density at radius 1 is 1.03 bits per heavy atom. The molecular weight excluding hydrogens is 392 g/mol. The van der Waals surface area contributed by atoms with E-state index >= 15 is 0 Å². The molecule has 5 rings (SSSR count). The predicted octanol–water partition coefficient (Wildman–Crippen LogP) is 3.70. The molecular formula is C25H36N2O4. The Morgan fingerprint density at radius 3 is 2.65 bits per heavy atom. The normalized spacial score (nSPS) is 29.2. The van der Waals surface area contributed by atoms with Crippen LogP contribution in [0.15, 0.2) is 18.2 Å². The van der Waals surface area contributed by atoms with Gasteiger partial charge in [0.05, 0.1) is 12.5 Å². The van der Waals surface area contributed by atoms with Gasteiger partial charge in [-0.05, 0) is 88.9 Å². The summed E-state index contributed by atoms with van der Waals surface area (Å²) in [4.78, 5) is 14.9. The van der Waals surface area contributed by atoms with Crippen LogP contribution in [0, 0.1) is 11.8 Å². The van der Waals surface area contributed by atoms with Gasteiger partial charge in [-0.3, -0.25) is 4.79 Å². The molecule has 1 N–H and O–H groups in total. The van der Waals surface area contributed by atoms with E-state index in [2.05, 4.69) is 22.3 Å². The maximum Gasteiger partial charge on any atom is 0.231 e. The maximum absolute atomic E-state index is 12.3. The van der Waals surface area contributed by atoms with Crippen LogP contribution in [-0.4, -0.2) is 56.5 Å². The van der Waals surface area contributed by atoms with Crippen LogP contribution < -0.4 is 14.8 Å². The van der Waals surface area contributed by atoms with Crippen molar-refractivity contribution >= 4 is 5.91 Å². The first kappa shape index (κ1) is 21.1. The van der Waals surface area contributed by atoms with Gasteiger partial charge in [-0.1, -0.05) is 12.1 Å². The highest BCUT2D eigenvalue weighted by molar-refractivity contribution is 5.79. The summed E-state index contributed by atoms with van der Waals surface area (Å²) in [6.07, 6.45) is 9.32. The Hall–Kier alpha value is -1.79. The quantitative estimate of drug-likeness (QED) is 0.749. The summed E-state index contributed by atoms with van der Waals surface area (Å²) in [5.74, 6) is 3.57. The molecule has 0 radical (unpaired) electrons. The van der Waals surface area contributed by atoms with Crippen molar-refractivity contribution in [1.29, 1.82) is 0 Å². The Kier molecular flexibility index (Phi) is 6.65. The van der Waals surface area contributed by atoms with Crippen LogP contribution in [0.4, 0.5) is 0 Å². The highest BCUT2D eigenvalue weighted by Crippen LogP contribution is 2.42. The minimum absolute atomic E-state index is 0.0803. The molecule has 1 amide bonds. The summed E-state index contributed by atoms with van der Waals surface area (Å²) < 4.78 is 16.6. The Labute approximate surface area is 185 Å². The Balaban J connectivity index is 1.01. The van der Waals surface area contributed by atoms with Crippen LogP contribution in [0.25, 0.3) is 0 Å². The molecule has 31 heavy (non-hydrogen) atoms. The molecule has 1 aliphatic carbocycles. The Morgan fingerprint density at radius 2 is 1.87 bits per heavy atom. The lowest BCUT2D eigenvalue weighted by Gasteiger charge is -2.35. The van der Waals surface area contributed by atoms with Gasteiger partial charge in [0.25, 0.3) is 0 Å². The van der Waals surface area contributed by atoms with E-state index in [1.54, 1.807) is 0 Å². The monoisotopic (exact) mass is 428 g/mol. The molecule has 3 heterocycles. The second kappa shape index (κ2) is 9.78. The zero-order valence-electron chi connectivity index (χ0n) is 18.5. The lowest BCUT2D eigenvalue weighted by Crippen LogP contribution is -2.41. The van der Waals surface area contributed by atoms with Gasteiger partial charge in [-0.25, -0.2) is 0 Å². The summed E-state index contributed by atoms with van der Waals surface area (Å²) >= 11 is 0. The first-order chi connectivity index (χ1) is 15.3. The number of rotatable bonds is 6. The average molecular weight is 429 g/mol. The molecule has 6 heteroatoms. The van der Waals surface area contributed by atoms with Crippen molar-refractivity contribution < 1.29 is 19.0 Å². The number of carbonyl (C=O) groups excluding carboxylic acids is 1. The second-order valence-corrected chi connectivity index (χ2v) is 9.77. The molecule has 1 atom stereocenters. The van der Waals surface area contributed by atoms with Gasteiger partial charge in [0.2, 0.25) is 12.7 Å². The number of amides is 1. The third-order valence-electron chi connectivity index (χ3n) is 7.80. The van der Waals surface area contributed by atoms with E-state index in [4.69, 9.17) is 14.2 Å². The average Bonchev–Trinajstić information content (AvgIpc) is 3.51. The molecule has 2 saturated heterocycles. The molecule has 170 valence electrons. The molecule has 3 aliphatic heterocycles. The number of hydrogen-bond acceptors (Lipinski definition) is 5. The molecule has 4 aliphatic rings. The number of nitrogens with zero attached hydrogens (tertiary/aromatic N) is 1. The lowest BCUT2D eigenvalue weighted by molar-refractivity contribution is -0.125. The molecule has 0 spiro atoms. The van der Waals surface area contributed by atoms with Crippen molar-refractivity contribution in [3.8, 4) is 11.5 Å². The fourth-order valence-corrected chi connectivity index (χ4v) is 5.76. The minimum atomic E-state index is 0.0803. The van der Waals surface area contributed by atoms with Crippen molar-refractivity contribution in [2.75, 3.05) is 39.6 Å². The smallest absolute Gasteiger partial charge is 0.231 e. The van der Waals surface area contributed by atoms with Gasteiger partial charge >= 0.3 is 0 Å². The van der Waals surface area contributed by atoms with Crippen LogP contribution in [0.1, 0.15) is 62.8 Å². The fraction of sp³-hybridized carbons (Fsp3) is 0.720. The molecule has 0 aromatic heterocycles. The van der Waals surface area contributed by atoms with E-state index in [-0.39, 0.29) is 11.8 Å². The van der Waals surface area contributed by atoms with Gasteiger partial charge in [0.15, 0.2) is 11.5 Å². The molecule has 1 aromatic rings. The SMILES string of the molecule is O=C(N[C@H]1CC[C@H](CCN2CCC(c3cccc4c3OCO4)CC2)CC1)C1CCOC1. The molecule has 6 nitrogen and oxygen atoms in total. The summed E-state index contributed by atoms with van der Waals surface area (Å²) in [6, 6.07) is 6.68. The van der Waals surface area contributed by atoms with Gasteiger partial charge in [-0.15, -0.1) is 0 Å². The second-order valence-electron chi connectivity index (χ2n) is 9.77. The third kappa shape index (κ3) is 5.01. The first-order valence-corrected chi connectivity index (χ1v) is 12.3.